The minimum absolute atomic E-state index is 0.142. The molecule has 1 aromatic carbocycles. The number of benzene rings is 1. The fourth-order valence-electron chi connectivity index (χ4n) is 3.34. The lowest BCUT2D eigenvalue weighted by atomic mass is 10.1. The van der Waals surface area contributed by atoms with Gasteiger partial charge in [-0.25, -0.2) is 4.99 Å². The number of rotatable bonds is 3. The van der Waals surface area contributed by atoms with E-state index in [1.807, 2.05) is 22.6 Å². The standard InChI is InChI=1S/C20H25N5O/c1-15(2)22-20(7-9-21)25-10-8-17-18(5-4-6-19(17)25)24-13-11-23(12-14-24)16(3)26/h4-10H,1,11-14,21H2,2-3H3/b9-7-,22-20+. The summed E-state index contributed by atoms with van der Waals surface area (Å²) in [5.41, 5.74) is 8.55. The van der Waals surface area contributed by atoms with E-state index in [0.29, 0.717) is 0 Å². The zero-order valence-electron chi connectivity index (χ0n) is 15.4. The number of nitrogens with zero attached hydrogens (tertiary/aromatic N) is 4. The lowest BCUT2D eigenvalue weighted by Gasteiger charge is -2.36. The smallest absolute Gasteiger partial charge is 0.219 e. The number of fused-ring (bicyclic) bond motifs is 1. The van der Waals surface area contributed by atoms with Crippen LogP contribution in [0, 0.1) is 0 Å². The van der Waals surface area contributed by atoms with Crippen molar-refractivity contribution in [3.63, 3.8) is 0 Å². The van der Waals surface area contributed by atoms with E-state index < -0.39 is 0 Å². The van der Waals surface area contributed by atoms with E-state index in [0.717, 1.165) is 48.6 Å². The average Bonchev–Trinajstić information content (AvgIpc) is 3.05. The van der Waals surface area contributed by atoms with Gasteiger partial charge in [0.15, 0.2) is 0 Å². The molecule has 0 spiro atoms. The Morgan fingerprint density at radius 3 is 2.54 bits per heavy atom. The second-order valence-electron chi connectivity index (χ2n) is 6.45. The third-order valence-corrected chi connectivity index (χ3v) is 4.57. The maximum absolute atomic E-state index is 11.5. The normalized spacial score (nSPS) is 15.8. The van der Waals surface area contributed by atoms with Crippen molar-refractivity contribution in [2.45, 2.75) is 13.8 Å². The quantitative estimate of drug-likeness (QED) is 0.683. The van der Waals surface area contributed by atoms with Crippen molar-refractivity contribution in [3.8, 4) is 0 Å². The molecule has 6 heteroatoms. The Kier molecular flexibility index (Phi) is 5.11. The zero-order valence-corrected chi connectivity index (χ0v) is 15.4. The minimum atomic E-state index is 0.142. The molecule has 1 aromatic heterocycles. The fourth-order valence-corrected chi connectivity index (χ4v) is 3.34. The van der Waals surface area contributed by atoms with Gasteiger partial charge in [-0.1, -0.05) is 12.6 Å². The molecule has 0 aliphatic carbocycles. The van der Waals surface area contributed by atoms with Crippen LogP contribution in [0.1, 0.15) is 13.8 Å². The lowest BCUT2D eigenvalue weighted by Crippen LogP contribution is -2.48. The predicted octanol–water partition coefficient (Wildman–Crippen LogP) is 2.56. The number of anilines is 1. The lowest BCUT2D eigenvalue weighted by molar-refractivity contribution is -0.129. The number of nitrogens with two attached hydrogens (primary N) is 1. The molecule has 26 heavy (non-hydrogen) atoms. The van der Waals surface area contributed by atoms with E-state index in [9.17, 15) is 4.79 Å². The van der Waals surface area contributed by atoms with Gasteiger partial charge in [-0.3, -0.25) is 4.79 Å². The van der Waals surface area contributed by atoms with Crippen molar-refractivity contribution >= 4 is 28.3 Å². The Morgan fingerprint density at radius 1 is 1.19 bits per heavy atom. The van der Waals surface area contributed by atoms with Crippen LogP contribution in [0.4, 0.5) is 5.69 Å². The first kappa shape index (κ1) is 17.8. The molecule has 1 fully saturated rings. The second kappa shape index (κ2) is 7.47. The summed E-state index contributed by atoms with van der Waals surface area (Å²) in [5.74, 6) is 0.872. The van der Waals surface area contributed by atoms with Crippen molar-refractivity contribution < 1.29 is 4.79 Å². The molecule has 0 radical (unpaired) electrons. The van der Waals surface area contributed by atoms with Crippen molar-refractivity contribution in [2.24, 2.45) is 10.7 Å². The van der Waals surface area contributed by atoms with Gasteiger partial charge in [-0.05, 0) is 37.4 Å². The average molecular weight is 351 g/mol. The van der Waals surface area contributed by atoms with Gasteiger partial charge in [0, 0.05) is 56.1 Å². The number of carbonyl (C=O) groups is 1. The molecule has 1 aliphatic heterocycles. The number of amides is 1. The van der Waals surface area contributed by atoms with Gasteiger partial charge < -0.3 is 20.1 Å². The van der Waals surface area contributed by atoms with Gasteiger partial charge in [0.1, 0.15) is 5.84 Å². The van der Waals surface area contributed by atoms with E-state index >= 15 is 0 Å². The molecule has 136 valence electrons. The van der Waals surface area contributed by atoms with E-state index in [2.05, 4.69) is 40.7 Å². The molecule has 2 heterocycles. The third kappa shape index (κ3) is 3.49. The Morgan fingerprint density at radius 2 is 1.92 bits per heavy atom. The fraction of sp³-hybridized carbons (Fsp3) is 0.300. The first-order chi connectivity index (χ1) is 12.5. The molecular formula is C20H25N5O. The summed E-state index contributed by atoms with van der Waals surface area (Å²) in [6, 6.07) is 8.35. The highest BCUT2D eigenvalue weighted by atomic mass is 16.2. The molecule has 0 saturated carbocycles. The van der Waals surface area contributed by atoms with Crippen molar-refractivity contribution in [1.82, 2.24) is 9.47 Å². The highest BCUT2D eigenvalue weighted by Gasteiger charge is 2.20. The number of hydrogen-bond donors (Lipinski definition) is 1. The van der Waals surface area contributed by atoms with Gasteiger partial charge >= 0.3 is 0 Å². The van der Waals surface area contributed by atoms with Crippen LogP contribution in [0.15, 0.2) is 60.0 Å². The number of aliphatic imine (C=N–C) groups is 1. The molecule has 3 rings (SSSR count). The van der Waals surface area contributed by atoms with Crippen LogP contribution in [-0.2, 0) is 4.79 Å². The zero-order chi connectivity index (χ0) is 18.7. The first-order valence-corrected chi connectivity index (χ1v) is 8.74. The summed E-state index contributed by atoms with van der Waals surface area (Å²) >= 11 is 0. The number of hydrogen-bond acceptors (Lipinski definition) is 4. The Balaban J connectivity index is 1.97. The molecule has 2 N–H and O–H groups in total. The largest absolute Gasteiger partial charge is 0.404 e. The monoisotopic (exact) mass is 351 g/mol. The number of allylic oxidation sites excluding steroid dienone is 2. The Hall–Kier alpha value is -3.02. The van der Waals surface area contributed by atoms with Crippen LogP contribution in [-0.4, -0.2) is 47.4 Å². The molecular weight excluding hydrogens is 326 g/mol. The number of carbonyl (C=O) groups excluding carboxylic acids is 1. The van der Waals surface area contributed by atoms with Crippen LogP contribution in [0.25, 0.3) is 10.9 Å². The van der Waals surface area contributed by atoms with E-state index in [1.165, 1.54) is 11.9 Å². The number of piperazine rings is 1. The van der Waals surface area contributed by atoms with Gasteiger partial charge in [-0.2, -0.15) is 0 Å². The van der Waals surface area contributed by atoms with Crippen molar-refractivity contribution in [3.05, 3.63) is 55.0 Å². The summed E-state index contributed by atoms with van der Waals surface area (Å²) in [5, 5.41) is 1.16. The van der Waals surface area contributed by atoms with E-state index in [4.69, 9.17) is 5.73 Å². The van der Waals surface area contributed by atoms with Gasteiger partial charge in [0.2, 0.25) is 5.91 Å². The molecule has 0 unspecified atom stereocenters. The SMILES string of the molecule is C=C(C)/N=C(\C=C/N)n1ccc2c(N3CCN(C(C)=O)CC3)cccc21. The second-order valence-corrected chi connectivity index (χ2v) is 6.45. The highest BCUT2D eigenvalue weighted by molar-refractivity contribution is 6.04. The van der Waals surface area contributed by atoms with Gasteiger partial charge in [-0.15, -0.1) is 0 Å². The van der Waals surface area contributed by atoms with Crippen LogP contribution in [0.5, 0.6) is 0 Å². The Labute approximate surface area is 153 Å². The summed E-state index contributed by atoms with van der Waals surface area (Å²) in [6.07, 6.45) is 5.26. The van der Waals surface area contributed by atoms with E-state index in [1.54, 1.807) is 13.0 Å². The molecule has 1 saturated heterocycles. The van der Waals surface area contributed by atoms with Gasteiger partial charge in [0.05, 0.1) is 5.52 Å². The van der Waals surface area contributed by atoms with Crippen LogP contribution >= 0.6 is 0 Å². The number of aromatic nitrogens is 1. The molecule has 0 bridgehead atoms. The van der Waals surface area contributed by atoms with Crippen LogP contribution in [0.2, 0.25) is 0 Å². The van der Waals surface area contributed by atoms with E-state index in [-0.39, 0.29) is 5.91 Å². The molecule has 0 atom stereocenters. The predicted molar refractivity (Wildman–Crippen MR) is 107 cm³/mol. The maximum atomic E-state index is 11.5. The van der Waals surface area contributed by atoms with Crippen LogP contribution < -0.4 is 10.6 Å². The molecule has 6 nitrogen and oxygen atoms in total. The molecule has 2 aromatic rings. The van der Waals surface area contributed by atoms with Gasteiger partial charge in [0.25, 0.3) is 0 Å². The summed E-state index contributed by atoms with van der Waals surface area (Å²) in [7, 11) is 0. The molecule has 1 aliphatic rings. The molecule has 1 amide bonds. The summed E-state index contributed by atoms with van der Waals surface area (Å²) < 4.78 is 2.02. The summed E-state index contributed by atoms with van der Waals surface area (Å²) in [4.78, 5) is 20.3. The van der Waals surface area contributed by atoms with Crippen LogP contribution in [0.3, 0.4) is 0 Å². The van der Waals surface area contributed by atoms with Crippen molar-refractivity contribution in [1.29, 1.82) is 0 Å². The third-order valence-electron chi connectivity index (χ3n) is 4.57. The maximum Gasteiger partial charge on any atom is 0.219 e. The summed E-state index contributed by atoms with van der Waals surface area (Å²) in [6.45, 7) is 10.5. The van der Waals surface area contributed by atoms with Crippen molar-refractivity contribution in [2.75, 3.05) is 31.1 Å². The highest BCUT2D eigenvalue weighted by Crippen LogP contribution is 2.29. The minimum Gasteiger partial charge on any atom is -0.404 e. The first-order valence-electron chi connectivity index (χ1n) is 8.74. The Bertz CT molecular complexity index is 885. The topological polar surface area (TPSA) is 66.9 Å².